The van der Waals surface area contributed by atoms with Gasteiger partial charge in [0, 0.05) is 25.7 Å². The van der Waals surface area contributed by atoms with E-state index in [9.17, 15) is 18.0 Å². The lowest BCUT2D eigenvalue weighted by Crippen LogP contribution is -2.44. The monoisotopic (exact) mass is 357 g/mol. The Kier molecular flexibility index (Phi) is 5.63. The van der Waals surface area contributed by atoms with Crippen molar-refractivity contribution in [2.75, 3.05) is 25.9 Å². The van der Waals surface area contributed by atoms with Gasteiger partial charge in [-0.05, 0) is 26.7 Å². The zero-order chi connectivity index (χ0) is 17.9. The summed E-state index contributed by atoms with van der Waals surface area (Å²) < 4.78 is 29.4. The van der Waals surface area contributed by atoms with Crippen LogP contribution in [0.4, 0.5) is 0 Å². The van der Waals surface area contributed by atoms with Crippen LogP contribution in [0.2, 0.25) is 0 Å². The van der Waals surface area contributed by atoms with Gasteiger partial charge >= 0.3 is 0 Å². The zero-order valence-corrected chi connectivity index (χ0v) is 15.0. The number of likely N-dealkylation sites (tertiary alicyclic amines) is 1. The number of aromatic nitrogens is 1. The highest BCUT2D eigenvalue weighted by atomic mass is 32.2. The van der Waals surface area contributed by atoms with Gasteiger partial charge in [0.1, 0.15) is 11.5 Å². The molecule has 2 amide bonds. The van der Waals surface area contributed by atoms with Crippen LogP contribution in [-0.2, 0) is 25.8 Å². The molecule has 0 saturated carbocycles. The predicted molar refractivity (Wildman–Crippen MR) is 87.1 cm³/mol. The molecule has 24 heavy (non-hydrogen) atoms. The maximum absolute atomic E-state index is 12.4. The molecule has 0 aromatic carbocycles. The number of sulfone groups is 1. The molecule has 1 aromatic rings. The van der Waals surface area contributed by atoms with Crippen LogP contribution in [0.15, 0.2) is 4.52 Å². The number of rotatable bonds is 5. The standard InChI is InChI=1S/C15H23N3O5S/c1-10-13(11(2)23-17-10)8-15(20)18-6-4-12(5-7-18)24(21,22)9-14(19)16-3/h12H,4-9H2,1-3H3,(H,16,19). The number of hydrogen-bond donors (Lipinski definition) is 1. The van der Waals surface area contributed by atoms with E-state index in [1.807, 2.05) is 0 Å². The van der Waals surface area contributed by atoms with Crippen molar-refractivity contribution in [1.29, 1.82) is 0 Å². The molecule has 0 atom stereocenters. The average Bonchev–Trinajstić information content (AvgIpc) is 2.86. The van der Waals surface area contributed by atoms with Crippen LogP contribution in [0, 0.1) is 13.8 Å². The summed E-state index contributed by atoms with van der Waals surface area (Å²) in [5.41, 5.74) is 1.48. The van der Waals surface area contributed by atoms with E-state index >= 15 is 0 Å². The van der Waals surface area contributed by atoms with Crippen molar-refractivity contribution >= 4 is 21.7 Å². The molecule has 1 aliphatic rings. The van der Waals surface area contributed by atoms with Crippen molar-refractivity contribution in [3.05, 3.63) is 17.0 Å². The SMILES string of the molecule is CNC(=O)CS(=O)(=O)C1CCN(C(=O)Cc2c(C)noc2C)CC1. The Bertz CT molecular complexity index is 698. The van der Waals surface area contributed by atoms with Gasteiger partial charge in [0.05, 0.1) is 17.4 Å². The van der Waals surface area contributed by atoms with E-state index in [2.05, 4.69) is 10.5 Å². The summed E-state index contributed by atoms with van der Waals surface area (Å²) in [6.45, 7) is 4.30. The molecule has 0 radical (unpaired) electrons. The first kappa shape index (κ1) is 18.4. The largest absolute Gasteiger partial charge is 0.361 e. The molecule has 0 spiro atoms. The van der Waals surface area contributed by atoms with Crippen LogP contribution in [0.1, 0.15) is 29.9 Å². The van der Waals surface area contributed by atoms with Crippen LogP contribution < -0.4 is 5.32 Å². The average molecular weight is 357 g/mol. The lowest BCUT2D eigenvalue weighted by molar-refractivity contribution is -0.131. The van der Waals surface area contributed by atoms with Crippen LogP contribution in [-0.4, -0.2) is 61.4 Å². The summed E-state index contributed by atoms with van der Waals surface area (Å²) in [4.78, 5) is 25.4. The highest BCUT2D eigenvalue weighted by Crippen LogP contribution is 2.20. The van der Waals surface area contributed by atoms with Gasteiger partial charge in [-0.1, -0.05) is 5.16 Å². The Balaban J connectivity index is 1.93. The van der Waals surface area contributed by atoms with Gasteiger partial charge in [0.15, 0.2) is 9.84 Å². The highest BCUT2D eigenvalue weighted by Gasteiger charge is 2.33. The number of carbonyl (C=O) groups excluding carboxylic acids is 2. The van der Waals surface area contributed by atoms with E-state index < -0.39 is 26.7 Å². The van der Waals surface area contributed by atoms with E-state index in [1.54, 1.807) is 18.7 Å². The van der Waals surface area contributed by atoms with Crippen molar-refractivity contribution in [1.82, 2.24) is 15.4 Å². The number of nitrogens with zero attached hydrogens (tertiary/aromatic N) is 2. The van der Waals surface area contributed by atoms with Gasteiger partial charge in [0.25, 0.3) is 0 Å². The maximum Gasteiger partial charge on any atom is 0.234 e. The van der Waals surface area contributed by atoms with Gasteiger partial charge in [-0.15, -0.1) is 0 Å². The maximum atomic E-state index is 12.4. The minimum absolute atomic E-state index is 0.0634. The number of carbonyl (C=O) groups is 2. The van der Waals surface area contributed by atoms with Crippen molar-refractivity contribution in [2.45, 2.75) is 38.4 Å². The first-order valence-electron chi connectivity index (χ1n) is 7.86. The molecule has 1 aliphatic heterocycles. The number of piperidine rings is 1. The third-order valence-electron chi connectivity index (χ3n) is 4.42. The number of amides is 2. The predicted octanol–water partition coefficient (Wildman–Crippen LogP) is -0.0143. The van der Waals surface area contributed by atoms with E-state index in [0.29, 0.717) is 37.4 Å². The molecule has 1 fully saturated rings. The number of aryl methyl sites for hydroxylation is 2. The van der Waals surface area contributed by atoms with Crippen molar-refractivity contribution < 1.29 is 22.5 Å². The first-order chi connectivity index (χ1) is 11.2. The fourth-order valence-corrected chi connectivity index (χ4v) is 4.53. The van der Waals surface area contributed by atoms with Gasteiger partial charge in [-0.2, -0.15) is 0 Å². The van der Waals surface area contributed by atoms with Gasteiger partial charge < -0.3 is 14.7 Å². The summed E-state index contributed by atoms with van der Waals surface area (Å²) in [6, 6.07) is 0. The minimum Gasteiger partial charge on any atom is -0.361 e. The molecule has 8 nitrogen and oxygen atoms in total. The summed E-state index contributed by atoms with van der Waals surface area (Å²) >= 11 is 0. The Morgan fingerprint density at radius 1 is 1.29 bits per heavy atom. The first-order valence-corrected chi connectivity index (χ1v) is 9.57. The van der Waals surface area contributed by atoms with E-state index in [4.69, 9.17) is 4.52 Å². The molecule has 134 valence electrons. The molecule has 9 heteroatoms. The number of nitrogens with one attached hydrogen (secondary N) is 1. The molecule has 0 unspecified atom stereocenters. The minimum atomic E-state index is -3.48. The fraction of sp³-hybridized carbons (Fsp3) is 0.667. The van der Waals surface area contributed by atoms with Crippen LogP contribution in [0.5, 0.6) is 0 Å². The molecule has 2 heterocycles. The van der Waals surface area contributed by atoms with Crippen molar-refractivity contribution in [3.63, 3.8) is 0 Å². The second-order valence-corrected chi connectivity index (χ2v) is 8.32. The number of hydrogen-bond acceptors (Lipinski definition) is 6. The normalized spacial score (nSPS) is 16.2. The quantitative estimate of drug-likeness (QED) is 0.793. The lowest BCUT2D eigenvalue weighted by Gasteiger charge is -2.31. The Labute approximate surface area is 141 Å². The van der Waals surface area contributed by atoms with Crippen LogP contribution in [0.3, 0.4) is 0 Å². The molecule has 0 bridgehead atoms. The summed E-state index contributed by atoms with van der Waals surface area (Å²) in [5.74, 6) is -0.441. The van der Waals surface area contributed by atoms with Crippen LogP contribution in [0.25, 0.3) is 0 Å². The molecule has 2 rings (SSSR count). The van der Waals surface area contributed by atoms with Crippen molar-refractivity contribution in [2.24, 2.45) is 0 Å². The molecule has 1 N–H and O–H groups in total. The second-order valence-electron chi connectivity index (χ2n) is 6.04. The molecular formula is C15H23N3O5S. The molecule has 0 aliphatic carbocycles. The van der Waals surface area contributed by atoms with Gasteiger partial charge in [-0.3, -0.25) is 9.59 Å². The summed E-state index contributed by atoms with van der Waals surface area (Å²) in [5, 5.41) is 5.59. The van der Waals surface area contributed by atoms with E-state index in [-0.39, 0.29) is 12.3 Å². The van der Waals surface area contributed by atoms with Crippen LogP contribution >= 0.6 is 0 Å². The Morgan fingerprint density at radius 2 is 1.92 bits per heavy atom. The smallest absolute Gasteiger partial charge is 0.234 e. The van der Waals surface area contributed by atoms with E-state index in [1.165, 1.54) is 7.05 Å². The Morgan fingerprint density at radius 3 is 2.42 bits per heavy atom. The van der Waals surface area contributed by atoms with Crippen molar-refractivity contribution in [3.8, 4) is 0 Å². The summed E-state index contributed by atoms with van der Waals surface area (Å²) in [7, 11) is -2.07. The van der Waals surface area contributed by atoms with E-state index in [0.717, 1.165) is 5.56 Å². The molecular weight excluding hydrogens is 334 g/mol. The zero-order valence-electron chi connectivity index (χ0n) is 14.2. The second kappa shape index (κ2) is 7.33. The molecule has 1 saturated heterocycles. The van der Waals surface area contributed by atoms with Gasteiger partial charge in [-0.25, -0.2) is 8.42 Å². The third kappa shape index (κ3) is 4.14. The summed E-state index contributed by atoms with van der Waals surface area (Å²) in [6.07, 6.45) is 0.913. The fourth-order valence-electron chi connectivity index (χ4n) is 2.85. The highest BCUT2D eigenvalue weighted by molar-refractivity contribution is 7.92. The lowest BCUT2D eigenvalue weighted by atomic mass is 10.1. The Hall–Kier alpha value is -1.90. The third-order valence-corrected chi connectivity index (χ3v) is 6.57. The molecule has 1 aromatic heterocycles. The van der Waals surface area contributed by atoms with Gasteiger partial charge in [0.2, 0.25) is 11.8 Å². The topological polar surface area (TPSA) is 110 Å².